The molecule has 132 valence electrons. The van der Waals surface area contributed by atoms with E-state index in [2.05, 4.69) is 29.3 Å². The topological polar surface area (TPSA) is 44.8 Å². The molecule has 0 aliphatic carbocycles. The predicted molar refractivity (Wildman–Crippen MR) is 100 cm³/mol. The van der Waals surface area contributed by atoms with Crippen LogP contribution < -0.4 is 15.0 Å². The maximum absolute atomic E-state index is 12.4. The minimum Gasteiger partial charge on any atom is -0.495 e. The number of methoxy groups -OCH3 is 1. The van der Waals surface area contributed by atoms with Gasteiger partial charge in [-0.25, -0.2) is 4.79 Å². The van der Waals surface area contributed by atoms with Crippen molar-refractivity contribution in [1.29, 1.82) is 0 Å². The van der Waals surface area contributed by atoms with Crippen LogP contribution in [0.4, 0.5) is 10.5 Å². The third-order valence-corrected chi connectivity index (χ3v) is 4.53. The number of benzene rings is 2. The lowest BCUT2D eigenvalue weighted by molar-refractivity contribution is 0.194. The van der Waals surface area contributed by atoms with Gasteiger partial charge < -0.3 is 19.9 Å². The van der Waals surface area contributed by atoms with Crippen LogP contribution in [-0.4, -0.2) is 44.2 Å². The molecular formula is C20H25N3O2. The summed E-state index contributed by atoms with van der Waals surface area (Å²) in [7, 11) is 1.70. The van der Waals surface area contributed by atoms with Gasteiger partial charge in [0.1, 0.15) is 5.75 Å². The van der Waals surface area contributed by atoms with Gasteiger partial charge in [-0.1, -0.05) is 36.4 Å². The van der Waals surface area contributed by atoms with Gasteiger partial charge in [0.05, 0.1) is 12.8 Å². The number of urea groups is 1. The quantitative estimate of drug-likeness (QED) is 0.931. The molecule has 0 radical (unpaired) electrons. The van der Waals surface area contributed by atoms with Crippen LogP contribution in [0.15, 0.2) is 48.5 Å². The van der Waals surface area contributed by atoms with Crippen molar-refractivity contribution >= 4 is 11.7 Å². The number of carbonyl (C=O) groups is 1. The van der Waals surface area contributed by atoms with E-state index in [-0.39, 0.29) is 6.03 Å². The maximum atomic E-state index is 12.4. The standard InChI is InChI=1S/C20H25N3O2/c1-16-8-9-19(25-2)18(14-16)22-10-12-23(13-11-22)20(24)21-15-17-6-4-3-5-7-17/h3-9,14H,10-13,15H2,1-2H3,(H,21,24). The summed E-state index contributed by atoms with van der Waals surface area (Å²) in [6.45, 7) is 5.66. The van der Waals surface area contributed by atoms with Crippen molar-refractivity contribution in [2.45, 2.75) is 13.5 Å². The number of piperazine rings is 1. The zero-order chi connectivity index (χ0) is 17.6. The molecule has 3 rings (SSSR count). The third kappa shape index (κ3) is 4.24. The molecule has 2 aromatic carbocycles. The highest BCUT2D eigenvalue weighted by Gasteiger charge is 2.22. The largest absolute Gasteiger partial charge is 0.495 e. The Hall–Kier alpha value is -2.69. The average molecular weight is 339 g/mol. The zero-order valence-electron chi connectivity index (χ0n) is 14.9. The number of nitrogens with one attached hydrogen (secondary N) is 1. The number of aryl methyl sites for hydroxylation is 1. The summed E-state index contributed by atoms with van der Waals surface area (Å²) in [4.78, 5) is 16.5. The van der Waals surface area contributed by atoms with Crippen LogP contribution in [0.1, 0.15) is 11.1 Å². The number of hydrogen-bond donors (Lipinski definition) is 1. The first kappa shape index (κ1) is 17.1. The van der Waals surface area contributed by atoms with Gasteiger partial charge >= 0.3 is 6.03 Å². The van der Waals surface area contributed by atoms with Gasteiger partial charge in [0.15, 0.2) is 0 Å². The van der Waals surface area contributed by atoms with E-state index in [1.165, 1.54) is 5.56 Å². The van der Waals surface area contributed by atoms with Crippen LogP contribution in [0.2, 0.25) is 0 Å². The number of ether oxygens (including phenoxy) is 1. The molecule has 1 aliphatic heterocycles. The van der Waals surface area contributed by atoms with Crippen LogP contribution in [0.3, 0.4) is 0 Å². The van der Waals surface area contributed by atoms with Crippen molar-refractivity contribution in [1.82, 2.24) is 10.2 Å². The van der Waals surface area contributed by atoms with Gasteiger partial charge in [0, 0.05) is 32.7 Å². The molecule has 1 aliphatic rings. The summed E-state index contributed by atoms with van der Waals surface area (Å²) in [6.07, 6.45) is 0. The lowest BCUT2D eigenvalue weighted by atomic mass is 10.1. The Bertz CT molecular complexity index is 710. The number of amides is 2. The Morgan fingerprint density at radius 2 is 1.80 bits per heavy atom. The highest BCUT2D eigenvalue weighted by molar-refractivity contribution is 5.74. The van der Waals surface area contributed by atoms with Crippen molar-refractivity contribution in [2.75, 3.05) is 38.2 Å². The van der Waals surface area contributed by atoms with Crippen LogP contribution in [0.5, 0.6) is 5.75 Å². The van der Waals surface area contributed by atoms with Crippen LogP contribution in [0.25, 0.3) is 0 Å². The minimum atomic E-state index is -0.000268. The summed E-state index contributed by atoms with van der Waals surface area (Å²) in [6, 6.07) is 16.2. The molecule has 1 N–H and O–H groups in total. The van der Waals surface area contributed by atoms with E-state index in [0.717, 1.165) is 30.1 Å². The summed E-state index contributed by atoms with van der Waals surface area (Å²) in [5, 5.41) is 3.00. The number of rotatable bonds is 4. The molecule has 0 saturated carbocycles. The van der Waals surface area contributed by atoms with Crippen molar-refractivity contribution in [3.8, 4) is 5.75 Å². The summed E-state index contributed by atoms with van der Waals surface area (Å²) >= 11 is 0. The van der Waals surface area contributed by atoms with E-state index in [0.29, 0.717) is 19.6 Å². The fraction of sp³-hybridized carbons (Fsp3) is 0.350. The van der Waals surface area contributed by atoms with E-state index in [4.69, 9.17) is 4.74 Å². The normalized spacial score (nSPS) is 14.3. The molecule has 0 bridgehead atoms. The Kier molecular flexibility index (Phi) is 5.43. The fourth-order valence-electron chi connectivity index (χ4n) is 3.08. The van der Waals surface area contributed by atoms with Gasteiger partial charge in [-0.2, -0.15) is 0 Å². The second-order valence-electron chi connectivity index (χ2n) is 6.29. The molecule has 5 nitrogen and oxygen atoms in total. The molecule has 1 heterocycles. The summed E-state index contributed by atoms with van der Waals surface area (Å²) in [5.74, 6) is 0.882. The molecule has 5 heteroatoms. The van der Waals surface area contributed by atoms with E-state index < -0.39 is 0 Å². The molecule has 0 aromatic heterocycles. The first-order valence-electron chi connectivity index (χ1n) is 8.63. The average Bonchev–Trinajstić information content (AvgIpc) is 2.67. The molecule has 0 spiro atoms. The van der Waals surface area contributed by atoms with Crippen molar-refractivity contribution in [3.63, 3.8) is 0 Å². The second kappa shape index (κ2) is 7.92. The molecule has 0 unspecified atom stereocenters. The van der Waals surface area contributed by atoms with Gasteiger partial charge in [-0.05, 0) is 30.2 Å². The molecule has 2 aromatic rings. The van der Waals surface area contributed by atoms with Crippen molar-refractivity contribution < 1.29 is 9.53 Å². The van der Waals surface area contributed by atoms with E-state index in [1.807, 2.05) is 41.3 Å². The maximum Gasteiger partial charge on any atom is 0.317 e. The van der Waals surface area contributed by atoms with Gasteiger partial charge in [0.2, 0.25) is 0 Å². The molecule has 25 heavy (non-hydrogen) atoms. The Balaban J connectivity index is 1.55. The van der Waals surface area contributed by atoms with E-state index >= 15 is 0 Å². The highest BCUT2D eigenvalue weighted by atomic mass is 16.5. The van der Waals surface area contributed by atoms with Crippen molar-refractivity contribution in [2.24, 2.45) is 0 Å². The smallest absolute Gasteiger partial charge is 0.317 e. The molecule has 1 saturated heterocycles. The SMILES string of the molecule is COc1ccc(C)cc1N1CCN(C(=O)NCc2ccccc2)CC1. The minimum absolute atomic E-state index is 0.000268. The first-order valence-corrected chi connectivity index (χ1v) is 8.63. The van der Waals surface area contributed by atoms with E-state index in [9.17, 15) is 4.79 Å². The van der Waals surface area contributed by atoms with Crippen LogP contribution >= 0.6 is 0 Å². The highest BCUT2D eigenvalue weighted by Crippen LogP contribution is 2.29. The lowest BCUT2D eigenvalue weighted by Crippen LogP contribution is -2.51. The number of nitrogens with zero attached hydrogens (tertiary/aromatic N) is 2. The van der Waals surface area contributed by atoms with Crippen molar-refractivity contribution in [3.05, 3.63) is 59.7 Å². The van der Waals surface area contributed by atoms with Gasteiger partial charge in [-0.15, -0.1) is 0 Å². The fourth-order valence-corrected chi connectivity index (χ4v) is 3.08. The lowest BCUT2D eigenvalue weighted by Gasteiger charge is -2.36. The van der Waals surface area contributed by atoms with E-state index in [1.54, 1.807) is 7.11 Å². The Labute approximate surface area is 149 Å². The molecule has 1 fully saturated rings. The van der Waals surface area contributed by atoms with Crippen LogP contribution in [0, 0.1) is 6.92 Å². The Morgan fingerprint density at radius 1 is 1.08 bits per heavy atom. The molecule has 2 amide bonds. The monoisotopic (exact) mass is 339 g/mol. The number of anilines is 1. The van der Waals surface area contributed by atoms with Crippen LogP contribution in [-0.2, 0) is 6.54 Å². The predicted octanol–water partition coefficient (Wildman–Crippen LogP) is 3.04. The third-order valence-electron chi connectivity index (χ3n) is 4.53. The molecular weight excluding hydrogens is 314 g/mol. The first-order chi connectivity index (χ1) is 12.2. The summed E-state index contributed by atoms with van der Waals surface area (Å²) < 4.78 is 5.48. The van der Waals surface area contributed by atoms with Gasteiger partial charge in [-0.3, -0.25) is 0 Å². The zero-order valence-corrected chi connectivity index (χ0v) is 14.9. The number of hydrogen-bond acceptors (Lipinski definition) is 3. The second-order valence-corrected chi connectivity index (χ2v) is 6.29. The summed E-state index contributed by atoms with van der Waals surface area (Å²) in [5.41, 5.74) is 3.42. The van der Waals surface area contributed by atoms with Gasteiger partial charge in [0.25, 0.3) is 0 Å². The molecule has 0 atom stereocenters. The number of carbonyl (C=O) groups excluding carboxylic acids is 1. The Morgan fingerprint density at radius 3 is 2.48 bits per heavy atom.